The van der Waals surface area contributed by atoms with Crippen molar-refractivity contribution in [3.63, 3.8) is 0 Å². The van der Waals surface area contributed by atoms with E-state index in [2.05, 4.69) is 20.1 Å². The molecule has 1 aromatic rings. The topological polar surface area (TPSA) is 92.2 Å². The van der Waals surface area contributed by atoms with E-state index >= 15 is 0 Å². The summed E-state index contributed by atoms with van der Waals surface area (Å²) in [5.41, 5.74) is 0. The lowest BCUT2D eigenvalue weighted by molar-refractivity contribution is -0.246. The van der Waals surface area contributed by atoms with E-state index < -0.39 is 18.2 Å². The molecule has 1 aliphatic carbocycles. The first-order valence-electron chi connectivity index (χ1n) is 13.9. The van der Waals surface area contributed by atoms with Crippen molar-refractivity contribution in [2.24, 2.45) is 0 Å². The van der Waals surface area contributed by atoms with Crippen molar-refractivity contribution in [2.75, 3.05) is 42.9 Å². The van der Waals surface area contributed by atoms with Gasteiger partial charge in [0.05, 0.1) is 0 Å². The number of hydrogen-bond donors (Lipinski definition) is 2. The highest BCUT2D eigenvalue weighted by molar-refractivity contribution is 5.42. The Morgan fingerprint density at radius 3 is 2.60 bits per heavy atom. The Balaban J connectivity index is 1.02. The van der Waals surface area contributed by atoms with Crippen molar-refractivity contribution in [3.8, 4) is 0 Å². The monoisotopic (exact) mass is 487 g/mol. The minimum absolute atomic E-state index is 0.283. The van der Waals surface area contributed by atoms with Crippen LogP contribution in [0, 0.1) is 0 Å². The molecule has 4 aliphatic heterocycles. The van der Waals surface area contributed by atoms with Crippen molar-refractivity contribution in [1.29, 1.82) is 0 Å². The second-order valence-corrected chi connectivity index (χ2v) is 11.0. The minimum Gasteiger partial charge on any atom is -0.387 e. The van der Waals surface area contributed by atoms with Gasteiger partial charge in [-0.1, -0.05) is 19.3 Å². The molecule has 4 saturated heterocycles. The maximum Gasteiger partial charge on any atom is 0.224 e. The summed E-state index contributed by atoms with van der Waals surface area (Å²) in [7, 11) is 0. The molecule has 194 valence electrons. The number of nitrogens with zero attached hydrogens (tertiary/aromatic N) is 4. The largest absolute Gasteiger partial charge is 0.387 e. The van der Waals surface area contributed by atoms with E-state index in [0.717, 1.165) is 70.5 Å². The Kier molecular flexibility index (Phi) is 7.13. The number of nitrogens with one attached hydrogen (secondary N) is 1. The molecule has 2 N–H and O–H groups in total. The van der Waals surface area contributed by atoms with Gasteiger partial charge in [-0.2, -0.15) is 4.98 Å². The number of fused-ring (bicyclic) bond motifs is 1. The Bertz CT molecular complexity index is 845. The molecule has 5 atom stereocenters. The highest BCUT2D eigenvalue weighted by Crippen LogP contribution is 2.45. The zero-order valence-electron chi connectivity index (χ0n) is 20.8. The summed E-state index contributed by atoms with van der Waals surface area (Å²) in [6.07, 6.45) is 12.7. The Morgan fingerprint density at radius 1 is 1.00 bits per heavy atom. The molecule has 9 nitrogen and oxygen atoms in total. The number of rotatable bonds is 6. The van der Waals surface area contributed by atoms with Crippen LogP contribution in [-0.2, 0) is 14.2 Å². The number of ether oxygens (including phenoxy) is 3. The van der Waals surface area contributed by atoms with Gasteiger partial charge in [0.2, 0.25) is 5.95 Å². The quantitative estimate of drug-likeness (QED) is 0.628. The lowest BCUT2D eigenvalue weighted by Crippen LogP contribution is -2.45. The molecule has 0 bridgehead atoms. The van der Waals surface area contributed by atoms with E-state index in [4.69, 9.17) is 19.2 Å². The molecule has 5 fully saturated rings. The van der Waals surface area contributed by atoms with Crippen LogP contribution in [-0.4, -0.2) is 89.1 Å². The molecule has 6 rings (SSSR count). The number of aliphatic hydroxyl groups excluding tert-OH is 1. The van der Waals surface area contributed by atoms with Crippen LogP contribution in [0.1, 0.15) is 70.6 Å². The van der Waals surface area contributed by atoms with Crippen molar-refractivity contribution in [3.05, 3.63) is 12.3 Å². The summed E-state index contributed by atoms with van der Waals surface area (Å²) in [6.45, 7) is 4.64. The van der Waals surface area contributed by atoms with Gasteiger partial charge in [-0.05, 0) is 51.1 Å². The smallest absolute Gasteiger partial charge is 0.224 e. The van der Waals surface area contributed by atoms with Crippen molar-refractivity contribution < 1.29 is 19.3 Å². The van der Waals surface area contributed by atoms with Gasteiger partial charge >= 0.3 is 0 Å². The Hall–Kier alpha value is -1.52. The molecule has 35 heavy (non-hydrogen) atoms. The molecule has 1 saturated carbocycles. The summed E-state index contributed by atoms with van der Waals surface area (Å²) in [5.74, 6) is 1.20. The fourth-order valence-electron chi connectivity index (χ4n) is 6.60. The van der Waals surface area contributed by atoms with Gasteiger partial charge in [-0.25, -0.2) is 4.98 Å². The van der Waals surface area contributed by atoms with E-state index in [1.807, 2.05) is 12.3 Å². The van der Waals surface area contributed by atoms with Gasteiger partial charge in [-0.3, -0.25) is 4.90 Å². The molecule has 1 spiro atoms. The summed E-state index contributed by atoms with van der Waals surface area (Å²) < 4.78 is 18.7. The molecule has 5 heterocycles. The SMILES string of the molecule is O[C@@H]1[C@H]2OC3(CCCCC3)O[C@H]2O[C@@H]1CN1CCCC1CNc1nccc(N2CCCCCC2)n1. The predicted molar refractivity (Wildman–Crippen MR) is 132 cm³/mol. The number of hydrogen-bond acceptors (Lipinski definition) is 9. The number of likely N-dealkylation sites (tertiary alicyclic amines) is 1. The first-order chi connectivity index (χ1) is 17.2. The highest BCUT2D eigenvalue weighted by atomic mass is 16.8. The summed E-state index contributed by atoms with van der Waals surface area (Å²) in [6, 6.07) is 2.39. The highest BCUT2D eigenvalue weighted by Gasteiger charge is 2.57. The van der Waals surface area contributed by atoms with Crippen LogP contribution in [0.15, 0.2) is 12.3 Å². The van der Waals surface area contributed by atoms with E-state index in [-0.39, 0.29) is 12.2 Å². The second kappa shape index (κ2) is 10.5. The first kappa shape index (κ1) is 23.9. The fraction of sp³-hybridized carbons (Fsp3) is 0.846. The standard InChI is InChI=1S/C26H41N5O4/c32-22-20(33-24-23(22)34-26(35-24)11-4-3-5-12-26)18-31-16-8-9-19(31)17-28-25-27-13-10-21(29-25)30-14-6-1-2-7-15-30/h10,13,19-20,22-24,32H,1-9,11-12,14-18H2,(H,27,28,29)/t19?,20-,22+,23-,24-/m1/s1. The number of anilines is 2. The van der Waals surface area contributed by atoms with Crippen LogP contribution in [0.25, 0.3) is 0 Å². The van der Waals surface area contributed by atoms with Crippen molar-refractivity contribution >= 4 is 11.8 Å². The molecular formula is C26H41N5O4. The van der Waals surface area contributed by atoms with Crippen LogP contribution in [0.2, 0.25) is 0 Å². The molecule has 0 amide bonds. The molecule has 1 unspecified atom stereocenters. The lowest BCUT2D eigenvalue weighted by Gasteiger charge is -2.34. The maximum absolute atomic E-state index is 11.0. The molecule has 1 aromatic heterocycles. The maximum atomic E-state index is 11.0. The van der Waals surface area contributed by atoms with Gasteiger partial charge in [0, 0.05) is 51.3 Å². The lowest BCUT2D eigenvalue weighted by atomic mass is 9.94. The predicted octanol–water partition coefficient (Wildman–Crippen LogP) is 2.89. The van der Waals surface area contributed by atoms with Crippen LogP contribution in [0.5, 0.6) is 0 Å². The zero-order valence-corrected chi connectivity index (χ0v) is 20.8. The molecular weight excluding hydrogens is 446 g/mol. The number of aromatic nitrogens is 2. The van der Waals surface area contributed by atoms with E-state index in [9.17, 15) is 5.11 Å². The summed E-state index contributed by atoms with van der Waals surface area (Å²) in [4.78, 5) is 14.1. The van der Waals surface area contributed by atoms with Crippen molar-refractivity contribution in [2.45, 2.75) is 107 Å². The summed E-state index contributed by atoms with van der Waals surface area (Å²) >= 11 is 0. The molecule has 0 aromatic carbocycles. The third-order valence-electron chi connectivity index (χ3n) is 8.57. The molecule has 5 aliphatic rings. The van der Waals surface area contributed by atoms with Gasteiger partial charge < -0.3 is 29.5 Å². The van der Waals surface area contributed by atoms with E-state index in [1.54, 1.807) is 0 Å². The first-order valence-corrected chi connectivity index (χ1v) is 13.9. The number of aliphatic hydroxyl groups is 1. The van der Waals surface area contributed by atoms with Gasteiger partial charge in [-0.15, -0.1) is 0 Å². The van der Waals surface area contributed by atoms with Crippen LogP contribution in [0.4, 0.5) is 11.8 Å². The Morgan fingerprint density at radius 2 is 1.80 bits per heavy atom. The van der Waals surface area contributed by atoms with E-state index in [0.29, 0.717) is 18.5 Å². The Labute approximate surface area is 208 Å². The normalized spacial score (nSPS) is 35.3. The average molecular weight is 488 g/mol. The zero-order chi connectivity index (χ0) is 23.7. The second-order valence-electron chi connectivity index (χ2n) is 11.0. The van der Waals surface area contributed by atoms with Gasteiger partial charge in [0.1, 0.15) is 24.1 Å². The third kappa shape index (κ3) is 5.16. The minimum atomic E-state index is -0.649. The van der Waals surface area contributed by atoms with Crippen LogP contribution < -0.4 is 10.2 Å². The molecule has 0 radical (unpaired) electrons. The summed E-state index contributed by atoms with van der Waals surface area (Å²) in [5, 5.41) is 14.5. The third-order valence-corrected chi connectivity index (χ3v) is 8.57. The van der Waals surface area contributed by atoms with Crippen molar-refractivity contribution in [1.82, 2.24) is 14.9 Å². The van der Waals surface area contributed by atoms with E-state index in [1.165, 1.54) is 32.1 Å². The van der Waals surface area contributed by atoms with Crippen LogP contribution >= 0.6 is 0 Å². The van der Waals surface area contributed by atoms with Gasteiger partial charge in [0.25, 0.3) is 0 Å². The average Bonchev–Trinajstić information content (AvgIpc) is 3.45. The fourth-order valence-corrected chi connectivity index (χ4v) is 6.60. The van der Waals surface area contributed by atoms with Crippen LogP contribution in [0.3, 0.4) is 0 Å². The van der Waals surface area contributed by atoms with Gasteiger partial charge in [0.15, 0.2) is 12.1 Å². The molecule has 9 heteroatoms.